The summed E-state index contributed by atoms with van der Waals surface area (Å²) >= 11 is 0. The normalized spacial score (nSPS) is 11.0. The molecule has 0 rings (SSSR count). The van der Waals surface area contributed by atoms with Crippen LogP contribution in [-0.2, 0) is 0 Å². The number of hydrogen-bond acceptors (Lipinski definition) is 1. The minimum absolute atomic E-state index is 0.688. The molecule has 0 atom stereocenters. The Labute approximate surface area is 64.3 Å². The molecule has 0 bridgehead atoms. The maximum Gasteiger partial charge on any atom is 0.0106 e. The largest absolute Gasteiger partial charge is 0.327 e. The van der Waals surface area contributed by atoms with Gasteiger partial charge < -0.3 is 5.73 Å². The first-order valence-electron chi connectivity index (χ1n) is 4.27. The third-order valence-corrected chi connectivity index (χ3v) is 1.53. The van der Waals surface area contributed by atoms with Crippen LogP contribution in [0.15, 0.2) is 12.2 Å². The molecular formula is C9H19N. The van der Waals surface area contributed by atoms with Crippen LogP contribution in [0.2, 0.25) is 0 Å². The fourth-order valence-corrected chi connectivity index (χ4v) is 0.903. The summed E-state index contributed by atoms with van der Waals surface area (Å²) in [5.41, 5.74) is 5.28. The third-order valence-electron chi connectivity index (χ3n) is 1.53. The monoisotopic (exact) mass is 141 g/mol. The molecule has 0 aromatic carbocycles. The summed E-state index contributed by atoms with van der Waals surface area (Å²) in [5, 5.41) is 0. The predicted octanol–water partition coefficient (Wildman–Crippen LogP) is 2.47. The molecule has 0 aliphatic rings. The molecule has 0 saturated carbocycles. The van der Waals surface area contributed by atoms with Crippen molar-refractivity contribution in [3.05, 3.63) is 12.2 Å². The molecule has 2 N–H and O–H groups in total. The van der Waals surface area contributed by atoms with Gasteiger partial charge in [-0.05, 0) is 12.8 Å². The standard InChI is InChI=1S/C9H19N/c1-2-3-4-5-6-7-8-9-10/h7-8H,2-6,9-10H2,1H3/b8-7-. The van der Waals surface area contributed by atoms with Crippen LogP contribution in [0.25, 0.3) is 0 Å². The molecule has 0 aliphatic heterocycles. The van der Waals surface area contributed by atoms with Gasteiger partial charge in [0.2, 0.25) is 0 Å². The lowest BCUT2D eigenvalue weighted by Gasteiger charge is -1.93. The Morgan fingerprint density at radius 1 is 1.10 bits per heavy atom. The molecule has 60 valence electrons. The van der Waals surface area contributed by atoms with Crippen molar-refractivity contribution in [1.29, 1.82) is 0 Å². The van der Waals surface area contributed by atoms with Gasteiger partial charge in [-0.3, -0.25) is 0 Å². The quantitative estimate of drug-likeness (QED) is 0.446. The molecule has 1 nitrogen and oxygen atoms in total. The predicted molar refractivity (Wildman–Crippen MR) is 47.0 cm³/mol. The van der Waals surface area contributed by atoms with E-state index in [2.05, 4.69) is 13.0 Å². The number of unbranched alkanes of at least 4 members (excludes halogenated alkanes) is 4. The Balaban J connectivity index is 2.83. The number of nitrogens with two attached hydrogens (primary N) is 1. The second kappa shape index (κ2) is 8.70. The summed E-state index contributed by atoms with van der Waals surface area (Å²) in [6, 6.07) is 0. The first-order chi connectivity index (χ1) is 4.91. The van der Waals surface area contributed by atoms with E-state index in [1.807, 2.05) is 6.08 Å². The minimum atomic E-state index is 0.688. The van der Waals surface area contributed by atoms with Crippen molar-refractivity contribution < 1.29 is 0 Å². The second-order valence-electron chi connectivity index (χ2n) is 2.56. The van der Waals surface area contributed by atoms with Gasteiger partial charge >= 0.3 is 0 Å². The van der Waals surface area contributed by atoms with E-state index in [4.69, 9.17) is 5.73 Å². The van der Waals surface area contributed by atoms with Crippen LogP contribution in [0.1, 0.15) is 39.0 Å². The second-order valence-corrected chi connectivity index (χ2v) is 2.56. The van der Waals surface area contributed by atoms with Crippen molar-refractivity contribution >= 4 is 0 Å². The van der Waals surface area contributed by atoms with Crippen LogP contribution < -0.4 is 5.73 Å². The molecule has 0 spiro atoms. The van der Waals surface area contributed by atoms with Gasteiger partial charge in [-0.1, -0.05) is 38.3 Å². The zero-order chi connectivity index (χ0) is 7.66. The summed E-state index contributed by atoms with van der Waals surface area (Å²) in [6.07, 6.45) is 10.8. The molecule has 0 radical (unpaired) electrons. The Bertz CT molecular complexity index is 76.8. The van der Waals surface area contributed by atoms with Crippen LogP contribution in [-0.4, -0.2) is 6.54 Å². The molecular weight excluding hydrogens is 122 g/mol. The number of rotatable bonds is 6. The molecule has 0 aliphatic carbocycles. The summed E-state index contributed by atoms with van der Waals surface area (Å²) in [6.45, 7) is 2.92. The van der Waals surface area contributed by atoms with Crippen molar-refractivity contribution in [1.82, 2.24) is 0 Å². The van der Waals surface area contributed by atoms with E-state index in [1.54, 1.807) is 0 Å². The van der Waals surface area contributed by atoms with E-state index in [-0.39, 0.29) is 0 Å². The van der Waals surface area contributed by atoms with Crippen molar-refractivity contribution in [3.8, 4) is 0 Å². The van der Waals surface area contributed by atoms with E-state index >= 15 is 0 Å². The molecule has 1 heteroatoms. The van der Waals surface area contributed by atoms with Crippen LogP contribution in [0, 0.1) is 0 Å². The molecule has 0 unspecified atom stereocenters. The lowest BCUT2D eigenvalue weighted by Crippen LogP contribution is -1.91. The molecule has 0 saturated heterocycles. The highest BCUT2D eigenvalue weighted by atomic mass is 14.5. The highest BCUT2D eigenvalue weighted by Gasteiger charge is 1.82. The van der Waals surface area contributed by atoms with Crippen LogP contribution in [0.3, 0.4) is 0 Å². The van der Waals surface area contributed by atoms with E-state index in [9.17, 15) is 0 Å². The summed E-state index contributed by atoms with van der Waals surface area (Å²) < 4.78 is 0. The highest BCUT2D eigenvalue weighted by Crippen LogP contribution is 2.02. The van der Waals surface area contributed by atoms with E-state index in [1.165, 1.54) is 32.1 Å². The molecule has 0 aromatic rings. The van der Waals surface area contributed by atoms with Crippen molar-refractivity contribution in [3.63, 3.8) is 0 Å². The topological polar surface area (TPSA) is 26.0 Å². The van der Waals surface area contributed by atoms with Crippen molar-refractivity contribution in [2.75, 3.05) is 6.54 Å². The summed E-state index contributed by atoms with van der Waals surface area (Å²) in [4.78, 5) is 0. The van der Waals surface area contributed by atoms with E-state index in [0.29, 0.717) is 6.54 Å². The van der Waals surface area contributed by atoms with Gasteiger partial charge in [-0.15, -0.1) is 0 Å². The van der Waals surface area contributed by atoms with Gasteiger partial charge in [0.15, 0.2) is 0 Å². The van der Waals surface area contributed by atoms with Crippen LogP contribution >= 0.6 is 0 Å². The lowest BCUT2D eigenvalue weighted by molar-refractivity contribution is 0.674. The van der Waals surface area contributed by atoms with Gasteiger partial charge in [-0.2, -0.15) is 0 Å². The van der Waals surface area contributed by atoms with Crippen molar-refractivity contribution in [2.45, 2.75) is 39.0 Å². The minimum Gasteiger partial charge on any atom is -0.327 e. The maximum atomic E-state index is 5.28. The zero-order valence-electron chi connectivity index (χ0n) is 6.97. The molecule has 0 fully saturated rings. The summed E-state index contributed by atoms with van der Waals surface area (Å²) in [5.74, 6) is 0. The first kappa shape index (κ1) is 9.70. The average Bonchev–Trinajstić information content (AvgIpc) is 1.97. The van der Waals surface area contributed by atoms with Crippen LogP contribution in [0.4, 0.5) is 0 Å². The van der Waals surface area contributed by atoms with Gasteiger partial charge in [0.25, 0.3) is 0 Å². The Morgan fingerprint density at radius 2 is 1.90 bits per heavy atom. The molecule has 0 amide bonds. The van der Waals surface area contributed by atoms with Gasteiger partial charge in [0, 0.05) is 6.54 Å². The highest BCUT2D eigenvalue weighted by molar-refractivity contribution is 4.81. The Morgan fingerprint density at radius 3 is 2.50 bits per heavy atom. The number of allylic oxidation sites excluding steroid dienone is 1. The maximum absolute atomic E-state index is 5.28. The third kappa shape index (κ3) is 7.70. The zero-order valence-corrected chi connectivity index (χ0v) is 6.97. The van der Waals surface area contributed by atoms with Gasteiger partial charge in [0.05, 0.1) is 0 Å². The summed E-state index contributed by atoms with van der Waals surface area (Å²) in [7, 11) is 0. The Kier molecular flexibility index (Phi) is 8.44. The lowest BCUT2D eigenvalue weighted by atomic mass is 10.1. The van der Waals surface area contributed by atoms with Gasteiger partial charge in [-0.25, -0.2) is 0 Å². The molecule has 10 heavy (non-hydrogen) atoms. The van der Waals surface area contributed by atoms with Gasteiger partial charge in [0.1, 0.15) is 0 Å². The van der Waals surface area contributed by atoms with Crippen molar-refractivity contribution in [2.24, 2.45) is 5.73 Å². The van der Waals surface area contributed by atoms with Crippen LogP contribution in [0.5, 0.6) is 0 Å². The molecule has 0 aromatic heterocycles. The first-order valence-corrected chi connectivity index (χ1v) is 4.27. The SMILES string of the molecule is CCCCCC/C=C\CN. The Hall–Kier alpha value is -0.300. The smallest absolute Gasteiger partial charge is 0.0106 e. The van der Waals surface area contributed by atoms with E-state index < -0.39 is 0 Å². The fourth-order valence-electron chi connectivity index (χ4n) is 0.903. The average molecular weight is 141 g/mol. The van der Waals surface area contributed by atoms with E-state index in [0.717, 1.165) is 0 Å². The number of hydrogen-bond donors (Lipinski definition) is 1. The molecule has 0 heterocycles. The fraction of sp³-hybridized carbons (Fsp3) is 0.778.